The van der Waals surface area contributed by atoms with Crippen LogP contribution in [0.25, 0.3) is 10.9 Å². The van der Waals surface area contributed by atoms with Crippen molar-refractivity contribution in [3.63, 3.8) is 0 Å². The molecule has 6 heteroatoms. The van der Waals surface area contributed by atoms with Crippen molar-refractivity contribution in [3.8, 4) is 0 Å². The lowest BCUT2D eigenvalue weighted by Crippen LogP contribution is -2.22. The summed E-state index contributed by atoms with van der Waals surface area (Å²) in [6.45, 7) is 1.13. The van der Waals surface area contributed by atoms with Crippen molar-refractivity contribution in [2.24, 2.45) is 0 Å². The molecule has 3 aromatic rings. The second-order valence-corrected chi connectivity index (χ2v) is 5.60. The van der Waals surface area contributed by atoms with Gasteiger partial charge in [0.25, 0.3) is 0 Å². The number of aromatic nitrogens is 4. The fourth-order valence-corrected chi connectivity index (χ4v) is 2.94. The number of hydrogen-bond donors (Lipinski definition) is 1. The van der Waals surface area contributed by atoms with Crippen LogP contribution in [0, 0.1) is 0 Å². The highest BCUT2D eigenvalue weighted by Crippen LogP contribution is 2.19. The van der Waals surface area contributed by atoms with Gasteiger partial charge in [-0.1, -0.05) is 18.2 Å². The van der Waals surface area contributed by atoms with Crippen molar-refractivity contribution in [3.05, 3.63) is 42.5 Å². The molecule has 0 fully saturated rings. The molecular weight excluding hydrogens is 278 g/mol. The summed E-state index contributed by atoms with van der Waals surface area (Å²) >= 11 is 0. The van der Waals surface area contributed by atoms with E-state index < -0.39 is 0 Å². The molecule has 4 rings (SSSR count). The molecule has 0 atom stereocenters. The maximum absolute atomic E-state index is 12.2. The largest absolute Gasteiger partial charge is 0.315 e. The van der Waals surface area contributed by atoms with Crippen molar-refractivity contribution >= 4 is 22.6 Å². The molecular formula is C16H17N5O. The minimum atomic E-state index is -0.0823. The molecule has 0 bridgehead atoms. The number of amides is 1. The Kier molecular flexibility index (Phi) is 3.14. The monoisotopic (exact) mass is 295 g/mol. The number of anilines is 1. The standard InChI is InChI=1S/C16H17N5O/c22-16(11-20-10-12-5-1-2-6-13(12)19-20)18-15-9-17-14-7-3-4-8-21(14)15/h1-2,5-6,9-10H,3-4,7-8,11H2,(H,18,22). The van der Waals surface area contributed by atoms with Gasteiger partial charge < -0.3 is 9.88 Å². The van der Waals surface area contributed by atoms with Gasteiger partial charge in [-0.3, -0.25) is 9.48 Å². The maximum atomic E-state index is 12.2. The molecule has 0 unspecified atom stereocenters. The lowest BCUT2D eigenvalue weighted by atomic mass is 10.2. The molecule has 22 heavy (non-hydrogen) atoms. The van der Waals surface area contributed by atoms with Crippen molar-refractivity contribution in [2.75, 3.05) is 5.32 Å². The summed E-state index contributed by atoms with van der Waals surface area (Å²) in [5, 5.41) is 8.39. The van der Waals surface area contributed by atoms with Crippen molar-refractivity contribution < 1.29 is 4.79 Å². The first kappa shape index (κ1) is 13.1. The minimum absolute atomic E-state index is 0.0823. The average Bonchev–Trinajstić information content (AvgIpc) is 3.11. The Morgan fingerprint density at radius 1 is 1.27 bits per heavy atom. The molecule has 0 saturated heterocycles. The lowest BCUT2D eigenvalue weighted by Gasteiger charge is -2.16. The topological polar surface area (TPSA) is 64.7 Å². The van der Waals surface area contributed by atoms with Crippen LogP contribution in [0.1, 0.15) is 18.7 Å². The third-order valence-electron chi connectivity index (χ3n) is 4.00. The number of carbonyl (C=O) groups is 1. The smallest absolute Gasteiger partial charge is 0.247 e. The molecule has 1 aliphatic heterocycles. The van der Waals surface area contributed by atoms with Crippen LogP contribution in [0.2, 0.25) is 0 Å². The summed E-state index contributed by atoms with van der Waals surface area (Å²) in [5.41, 5.74) is 0.900. The van der Waals surface area contributed by atoms with Gasteiger partial charge in [-0.2, -0.15) is 5.10 Å². The van der Waals surface area contributed by atoms with E-state index in [4.69, 9.17) is 0 Å². The van der Waals surface area contributed by atoms with Gasteiger partial charge in [0.2, 0.25) is 5.91 Å². The summed E-state index contributed by atoms with van der Waals surface area (Å²) in [6.07, 6.45) is 6.93. The summed E-state index contributed by atoms with van der Waals surface area (Å²) in [4.78, 5) is 16.6. The Morgan fingerprint density at radius 3 is 3.09 bits per heavy atom. The molecule has 0 saturated carbocycles. The fraction of sp³-hybridized carbons (Fsp3) is 0.312. The summed E-state index contributed by atoms with van der Waals surface area (Å²) < 4.78 is 3.77. The Morgan fingerprint density at radius 2 is 2.18 bits per heavy atom. The van der Waals surface area contributed by atoms with E-state index in [0.29, 0.717) is 0 Å². The van der Waals surface area contributed by atoms with E-state index in [2.05, 4.69) is 20.0 Å². The highest BCUT2D eigenvalue weighted by atomic mass is 16.2. The first-order valence-corrected chi connectivity index (χ1v) is 7.56. The number of carbonyl (C=O) groups excluding carboxylic acids is 1. The molecule has 6 nitrogen and oxygen atoms in total. The minimum Gasteiger partial charge on any atom is -0.315 e. The molecule has 0 radical (unpaired) electrons. The quantitative estimate of drug-likeness (QED) is 0.805. The molecule has 2 aromatic heterocycles. The second kappa shape index (κ2) is 5.29. The average molecular weight is 295 g/mol. The highest BCUT2D eigenvalue weighted by Gasteiger charge is 2.15. The molecule has 0 spiro atoms. The summed E-state index contributed by atoms with van der Waals surface area (Å²) in [7, 11) is 0. The van der Waals surface area contributed by atoms with Gasteiger partial charge in [-0.15, -0.1) is 0 Å². The number of benzene rings is 1. The van der Waals surface area contributed by atoms with Gasteiger partial charge in [0, 0.05) is 24.5 Å². The van der Waals surface area contributed by atoms with Crippen LogP contribution in [-0.2, 0) is 24.3 Å². The third-order valence-corrected chi connectivity index (χ3v) is 4.00. The van der Waals surface area contributed by atoms with Gasteiger partial charge in [-0.05, 0) is 18.9 Å². The third kappa shape index (κ3) is 2.36. The van der Waals surface area contributed by atoms with Gasteiger partial charge in [-0.25, -0.2) is 4.98 Å². The molecule has 1 amide bonds. The Labute approximate surface area is 127 Å². The zero-order valence-electron chi connectivity index (χ0n) is 12.2. The second-order valence-electron chi connectivity index (χ2n) is 5.60. The number of nitrogens with one attached hydrogen (secondary N) is 1. The molecule has 1 aromatic carbocycles. The van der Waals surface area contributed by atoms with E-state index in [0.717, 1.165) is 41.9 Å². The van der Waals surface area contributed by atoms with Crippen LogP contribution in [-0.4, -0.2) is 25.2 Å². The van der Waals surface area contributed by atoms with Crippen LogP contribution in [0.15, 0.2) is 36.7 Å². The molecule has 1 N–H and O–H groups in total. The van der Waals surface area contributed by atoms with E-state index in [-0.39, 0.29) is 12.5 Å². The van der Waals surface area contributed by atoms with Crippen molar-refractivity contribution in [1.29, 1.82) is 0 Å². The van der Waals surface area contributed by atoms with Crippen LogP contribution in [0.3, 0.4) is 0 Å². The molecule has 3 heterocycles. The number of nitrogens with zero attached hydrogens (tertiary/aromatic N) is 4. The lowest BCUT2D eigenvalue weighted by molar-refractivity contribution is -0.116. The predicted molar refractivity (Wildman–Crippen MR) is 83.5 cm³/mol. The van der Waals surface area contributed by atoms with Gasteiger partial charge in [0.1, 0.15) is 18.2 Å². The molecule has 112 valence electrons. The Hall–Kier alpha value is -2.63. The zero-order chi connectivity index (χ0) is 14.9. The Bertz CT molecular complexity index is 799. The van der Waals surface area contributed by atoms with E-state index in [1.165, 1.54) is 6.42 Å². The van der Waals surface area contributed by atoms with E-state index >= 15 is 0 Å². The van der Waals surface area contributed by atoms with Gasteiger partial charge >= 0.3 is 0 Å². The van der Waals surface area contributed by atoms with Crippen LogP contribution < -0.4 is 5.32 Å². The summed E-state index contributed by atoms with van der Waals surface area (Å²) in [6, 6.07) is 7.84. The first-order valence-electron chi connectivity index (χ1n) is 7.56. The summed E-state index contributed by atoms with van der Waals surface area (Å²) in [5.74, 6) is 1.77. The van der Waals surface area contributed by atoms with Crippen LogP contribution in [0.5, 0.6) is 0 Å². The maximum Gasteiger partial charge on any atom is 0.247 e. The number of rotatable bonds is 3. The van der Waals surface area contributed by atoms with Gasteiger partial charge in [0.05, 0.1) is 11.7 Å². The van der Waals surface area contributed by atoms with Crippen molar-refractivity contribution in [1.82, 2.24) is 19.3 Å². The van der Waals surface area contributed by atoms with Crippen LogP contribution in [0.4, 0.5) is 5.82 Å². The SMILES string of the molecule is O=C(Cn1cc2ccccc2n1)Nc1cnc2n1CCCC2. The normalized spacial score (nSPS) is 14.0. The number of imidazole rings is 1. The highest BCUT2D eigenvalue weighted by molar-refractivity contribution is 5.90. The predicted octanol–water partition coefficient (Wildman–Crippen LogP) is 2.21. The fourth-order valence-electron chi connectivity index (χ4n) is 2.94. The Balaban J connectivity index is 1.49. The first-order chi connectivity index (χ1) is 10.8. The van der Waals surface area contributed by atoms with E-state index in [1.54, 1.807) is 10.9 Å². The van der Waals surface area contributed by atoms with Gasteiger partial charge in [0.15, 0.2) is 0 Å². The zero-order valence-corrected chi connectivity index (χ0v) is 12.2. The molecule has 1 aliphatic rings. The van der Waals surface area contributed by atoms with E-state index in [9.17, 15) is 4.79 Å². The molecule has 0 aliphatic carbocycles. The number of aryl methyl sites for hydroxylation is 1. The van der Waals surface area contributed by atoms with E-state index in [1.807, 2.05) is 30.5 Å². The number of hydrogen-bond acceptors (Lipinski definition) is 3. The number of fused-ring (bicyclic) bond motifs is 2. The van der Waals surface area contributed by atoms with Crippen LogP contribution >= 0.6 is 0 Å². The van der Waals surface area contributed by atoms with Crippen molar-refractivity contribution in [2.45, 2.75) is 32.4 Å².